The molecule has 8 nitrogen and oxygen atoms in total. The van der Waals surface area contributed by atoms with Gasteiger partial charge in [-0.3, -0.25) is 23.6 Å². The molecule has 1 N–H and O–H groups in total. The van der Waals surface area contributed by atoms with Gasteiger partial charge in [-0.15, -0.1) is 0 Å². The summed E-state index contributed by atoms with van der Waals surface area (Å²) in [6.07, 6.45) is 0.662. The average molecular weight is 383 g/mol. The Bertz CT molecular complexity index is 1150. The molecule has 0 aliphatic heterocycles. The maximum atomic E-state index is 12.4. The van der Waals surface area contributed by atoms with Gasteiger partial charge >= 0.3 is 11.1 Å². The molecule has 0 fully saturated rings. The number of carbonyl (C=O) groups is 1. The number of rotatable bonds is 6. The number of fused-ring (bicyclic) bond motifs is 1. The van der Waals surface area contributed by atoms with Crippen LogP contribution in [-0.4, -0.2) is 31.4 Å². The van der Waals surface area contributed by atoms with E-state index in [1.54, 1.807) is 31.3 Å². The maximum absolute atomic E-state index is 12.4. The zero-order valence-electron chi connectivity index (χ0n) is 16.7. The molecule has 28 heavy (non-hydrogen) atoms. The molecular weight excluding hydrogens is 358 g/mol. The minimum Gasteiger partial charge on any atom is -0.354 e. The van der Waals surface area contributed by atoms with Gasteiger partial charge in [0, 0.05) is 25.8 Å². The Balaban J connectivity index is 1.75. The summed E-state index contributed by atoms with van der Waals surface area (Å²) in [4.78, 5) is 37.0. The second-order valence-corrected chi connectivity index (χ2v) is 6.81. The standard InChI is InChI=1S/C20H25N5O3/c1-5-25-14(3)15(13(2)22-25)10-11-21-18(26)12-24-17-9-7-6-8-16(17)23(4)19(27)20(24)28/h6-9H,5,10-12H2,1-4H3,(H,21,26). The summed E-state index contributed by atoms with van der Waals surface area (Å²) in [6.45, 7) is 7.07. The van der Waals surface area contributed by atoms with Crippen LogP contribution in [-0.2, 0) is 31.4 Å². The van der Waals surface area contributed by atoms with Crippen molar-refractivity contribution in [3.63, 3.8) is 0 Å². The van der Waals surface area contributed by atoms with E-state index < -0.39 is 11.1 Å². The highest BCUT2D eigenvalue weighted by Crippen LogP contribution is 2.13. The van der Waals surface area contributed by atoms with Gasteiger partial charge in [0.2, 0.25) is 5.91 Å². The van der Waals surface area contributed by atoms with Crippen LogP contribution in [0.5, 0.6) is 0 Å². The van der Waals surface area contributed by atoms with Crippen LogP contribution in [0.3, 0.4) is 0 Å². The smallest absolute Gasteiger partial charge is 0.317 e. The Morgan fingerprint density at radius 2 is 1.79 bits per heavy atom. The lowest BCUT2D eigenvalue weighted by Crippen LogP contribution is -2.43. The SMILES string of the molecule is CCn1nc(C)c(CCNC(=O)Cn2c(=O)c(=O)n(C)c3ccccc32)c1C. The van der Waals surface area contributed by atoms with Crippen molar-refractivity contribution in [1.29, 1.82) is 0 Å². The monoisotopic (exact) mass is 383 g/mol. The number of benzene rings is 1. The van der Waals surface area contributed by atoms with Gasteiger partial charge in [-0.25, -0.2) is 0 Å². The third kappa shape index (κ3) is 3.49. The van der Waals surface area contributed by atoms with E-state index in [0.29, 0.717) is 24.0 Å². The van der Waals surface area contributed by atoms with E-state index in [1.807, 2.05) is 25.5 Å². The van der Waals surface area contributed by atoms with Gasteiger partial charge in [-0.2, -0.15) is 5.10 Å². The third-order valence-corrected chi connectivity index (χ3v) is 5.10. The summed E-state index contributed by atoms with van der Waals surface area (Å²) in [6, 6.07) is 7.05. The molecule has 3 aromatic rings. The minimum atomic E-state index is -0.702. The molecule has 2 heterocycles. The van der Waals surface area contributed by atoms with Crippen LogP contribution in [0.4, 0.5) is 0 Å². The van der Waals surface area contributed by atoms with E-state index in [4.69, 9.17) is 0 Å². The van der Waals surface area contributed by atoms with Gasteiger partial charge in [0.05, 0.1) is 16.7 Å². The molecule has 148 valence electrons. The minimum absolute atomic E-state index is 0.193. The van der Waals surface area contributed by atoms with Gasteiger partial charge in [0.15, 0.2) is 0 Å². The summed E-state index contributed by atoms with van der Waals surface area (Å²) in [7, 11) is 1.55. The Morgan fingerprint density at radius 3 is 2.43 bits per heavy atom. The number of aryl methyl sites for hydroxylation is 3. The third-order valence-electron chi connectivity index (χ3n) is 5.10. The molecule has 0 spiro atoms. The molecule has 3 rings (SSSR count). The van der Waals surface area contributed by atoms with E-state index in [9.17, 15) is 14.4 Å². The summed E-state index contributed by atoms with van der Waals surface area (Å²) >= 11 is 0. The van der Waals surface area contributed by atoms with Crippen LogP contribution in [0.25, 0.3) is 11.0 Å². The highest BCUT2D eigenvalue weighted by molar-refractivity contribution is 5.80. The average Bonchev–Trinajstić information content (AvgIpc) is 2.97. The summed E-state index contributed by atoms with van der Waals surface area (Å²) < 4.78 is 4.49. The van der Waals surface area contributed by atoms with Crippen molar-refractivity contribution >= 4 is 16.9 Å². The van der Waals surface area contributed by atoms with Crippen molar-refractivity contribution in [1.82, 2.24) is 24.2 Å². The molecule has 0 saturated carbocycles. The van der Waals surface area contributed by atoms with Crippen LogP contribution in [0.15, 0.2) is 33.9 Å². The predicted octanol–water partition coefficient (Wildman–Crippen LogP) is 0.892. The van der Waals surface area contributed by atoms with Gasteiger partial charge in [-0.1, -0.05) is 12.1 Å². The summed E-state index contributed by atoms with van der Waals surface area (Å²) in [5.41, 5.74) is 3.00. The number of nitrogens with one attached hydrogen (secondary N) is 1. The fourth-order valence-electron chi connectivity index (χ4n) is 3.54. The first kappa shape index (κ1) is 19.6. The zero-order chi connectivity index (χ0) is 20.4. The molecule has 0 radical (unpaired) electrons. The largest absolute Gasteiger partial charge is 0.354 e. The topological polar surface area (TPSA) is 90.9 Å². The molecule has 1 aromatic carbocycles. The van der Waals surface area contributed by atoms with Gasteiger partial charge < -0.3 is 9.88 Å². The van der Waals surface area contributed by atoms with Crippen LogP contribution < -0.4 is 16.4 Å². The Labute approximate surface area is 162 Å². The predicted molar refractivity (Wildman–Crippen MR) is 108 cm³/mol. The first-order chi connectivity index (χ1) is 13.3. The second kappa shape index (κ2) is 7.84. The van der Waals surface area contributed by atoms with Crippen molar-refractivity contribution in [2.24, 2.45) is 7.05 Å². The number of aromatic nitrogens is 4. The van der Waals surface area contributed by atoms with Crippen LogP contribution in [0.2, 0.25) is 0 Å². The number of carbonyl (C=O) groups excluding carboxylic acids is 1. The van der Waals surface area contributed by atoms with Crippen molar-refractivity contribution in [3.8, 4) is 0 Å². The Morgan fingerprint density at radius 1 is 1.11 bits per heavy atom. The molecular formula is C20H25N5O3. The maximum Gasteiger partial charge on any atom is 0.317 e. The number of amides is 1. The molecule has 0 bridgehead atoms. The fourth-order valence-corrected chi connectivity index (χ4v) is 3.54. The van der Waals surface area contributed by atoms with Crippen molar-refractivity contribution in [3.05, 3.63) is 61.9 Å². The molecule has 1 amide bonds. The molecule has 8 heteroatoms. The molecule has 0 unspecified atom stereocenters. The first-order valence-electron chi connectivity index (χ1n) is 9.33. The fraction of sp³-hybridized carbons (Fsp3) is 0.400. The van der Waals surface area contributed by atoms with Gasteiger partial charge in [0.1, 0.15) is 6.54 Å². The number of nitrogens with zero attached hydrogens (tertiary/aromatic N) is 4. The van der Waals surface area contributed by atoms with Crippen LogP contribution in [0, 0.1) is 13.8 Å². The molecule has 0 aliphatic carbocycles. The van der Waals surface area contributed by atoms with Crippen LogP contribution >= 0.6 is 0 Å². The normalized spacial score (nSPS) is 11.1. The lowest BCUT2D eigenvalue weighted by atomic mass is 10.1. The lowest BCUT2D eigenvalue weighted by Gasteiger charge is -2.12. The van der Waals surface area contributed by atoms with Gasteiger partial charge in [-0.05, 0) is 44.9 Å². The van der Waals surface area contributed by atoms with Crippen LogP contribution in [0.1, 0.15) is 23.9 Å². The number of para-hydroxylation sites is 2. The molecule has 2 aromatic heterocycles. The molecule has 0 atom stereocenters. The molecule has 0 aliphatic rings. The van der Waals surface area contributed by atoms with Gasteiger partial charge in [0.25, 0.3) is 0 Å². The first-order valence-corrected chi connectivity index (χ1v) is 9.33. The Kier molecular flexibility index (Phi) is 5.48. The van der Waals surface area contributed by atoms with Crippen molar-refractivity contribution in [2.45, 2.75) is 40.3 Å². The second-order valence-electron chi connectivity index (χ2n) is 6.81. The Hall–Kier alpha value is -3.16. The lowest BCUT2D eigenvalue weighted by molar-refractivity contribution is -0.121. The number of hydrogen-bond acceptors (Lipinski definition) is 4. The van der Waals surface area contributed by atoms with Crippen molar-refractivity contribution in [2.75, 3.05) is 6.54 Å². The van der Waals surface area contributed by atoms with E-state index in [0.717, 1.165) is 23.5 Å². The highest BCUT2D eigenvalue weighted by atomic mass is 16.2. The molecule has 0 saturated heterocycles. The van der Waals surface area contributed by atoms with E-state index in [-0.39, 0.29) is 12.5 Å². The highest BCUT2D eigenvalue weighted by Gasteiger charge is 2.14. The summed E-state index contributed by atoms with van der Waals surface area (Å²) in [5, 5.41) is 7.32. The number of hydrogen-bond donors (Lipinski definition) is 1. The quantitative estimate of drug-likeness (QED) is 0.640. The summed E-state index contributed by atoms with van der Waals surface area (Å²) in [5.74, 6) is -0.307. The van der Waals surface area contributed by atoms with Crippen molar-refractivity contribution < 1.29 is 4.79 Å². The van der Waals surface area contributed by atoms with E-state index in [2.05, 4.69) is 10.4 Å². The van der Waals surface area contributed by atoms with E-state index >= 15 is 0 Å². The van der Waals surface area contributed by atoms with E-state index in [1.165, 1.54) is 9.13 Å². The zero-order valence-corrected chi connectivity index (χ0v) is 16.7.